The number of rotatable bonds is 3. The van der Waals surface area contributed by atoms with Crippen molar-refractivity contribution in [1.29, 1.82) is 0 Å². The Hall–Kier alpha value is -0.830. The maximum absolute atomic E-state index is 12.6. The zero-order chi connectivity index (χ0) is 9.68. The minimum atomic E-state index is -0.550. The van der Waals surface area contributed by atoms with Crippen molar-refractivity contribution in [2.24, 2.45) is 0 Å². The van der Waals surface area contributed by atoms with Crippen LogP contribution in [0, 0.1) is 11.6 Å². The van der Waals surface area contributed by atoms with E-state index in [0.717, 1.165) is 18.2 Å². The van der Waals surface area contributed by atoms with Gasteiger partial charge in [-0.1, -0.05) is 12.2 Å². The molecule has 3 heteroatoms. The van der Waals surface area contributed by atoms with Crippen LogP contribution in [0.5, 0.6) is 0 Å². The van der Waals surface area contributed by atoms with Crippen molar-refractivity contribution in [3.63, 3.8) is 0 Å². The second-order valence-electron chi connectivity index (χ2n) is 2.62. The van der Waals surface area contributed by atoms with Crippen molar-refractivity contribution in [3.05, 3.63) is 41.5 Å². The summed E-state index contributed by atoms with van der Waals surface area (Å²) >= 11 is 4.01. The van der Waals surface area contributed by atoms with Crippen molar-refractivity contribution < 1.29 is 8.78 Å². The van der Waals surface area contributed by atoms with Crippen LogP contribution in [0.15, 0.2) is 24.3 Å². The molecule has 1 rings (SSSR count). The summed E-state index contributed by atoms with van der Waals surface area (Å²) in [5, 5.41) is 0. The number of thiol groups is 1. The van der Waals surface area contributed by atoms with Gasteiger partial charge in [-0.2, -0.15) is 12.6 Å². The van der Waals surface area contributed by atoms with Gasteiger partial charge in [0.2, 0.25) is 0 Å². The molecular weight excluding hydrogens is 190 g/mol. The SMILES string of the molecule is Fc1cc(F)cc(C=CCCS)c1. The van der Waals surface area contributed by atoms with Crippen molar-refractivity contribution in [2.45, 2.75) is 6.42 Å². The van der Waals surface area contributed by atoms with Crippen LogP contribution in [0.1, 0.15) is 12.0 Å². The third kappa shape index (κ3) is 3.59. The Labute approximate surface area is 81.7 Å². The molecule has 0 aliphatic rings. The number of allylic oxidation sites excluding steroid dienone is 1. The lowest BCUT2D eigenvalue weighted by atomic mass is 10.2. The van der Waals surface area contributed by atoms with E-state index in [1.165, 1.54) is 12.1 Å². The predicted octanol–water partition coefficient (Wildman–Crippen LogP) is 3.30. The van der Waals surface area contributed by atoms with Gasteiger partial charge >= 0.3 is 0 Å². The van der Waals surface area contributed by atoms with Gasteiger partial charge in [-0.15, -0.1) is 0 Å². The van der Waals surface area contributed by atoms with Crippen LogP contribution >= 0.6 is 12.6 Å². The minimum absolute atomic E-state index is 0.541. The molecule has 0 fully saturated rings. The van der Waals surface area contributed by atoms with Crippen molar-refractivity contribution in [3.8, 4) is 0 Å². The largest absolute Gasteiger partial charge is 0.207 e. The van der Waals surface area contributed by atoms with E-state index in [0.29, 0.717) is 5.56 Å². The Balaban J connectivity index is 2.77. The van der Waals surface area contributed by atoms with Gasteiger partial charge in [0.1, 0.15) is 11.6 Å². The summed E-state index contributed by atoms with van der Waals surface area (Å²) in [5.41, 5.74) is 0.541. The van der Waals surface area contributed by atoms with Crippen LogP contribution in [0.25, 0.3) is 6.08 Å². The smallest absolute Gasteiger partial charge is 0.126 e. The van der Waals surface area contributed by atoms with E-state index >= 15 is 0 Å². The lowest BCUT2D eigenvalue weighted by Crippen LogP contribution is -1.81. The van der Waals surface area contributed by atoms with E-state index in [2.05, 4.69) is 12.6 Å². The fourth-order valence-corrected chi connectivity index (χ4v) is 1.11. The number of halogens is 2. The van der Waals surface area contributed by atoms with Crippen LogP contribution in [0.3, 0.4) is 0 Å². The third-order valence-corrected chi connectivity index (χ3v) is 1.75. The van der Waals surface area contributed by atoms with Crippen LogP contribution < -0.4 is 0 Å². The number of hydrogen-bond donors (Lipinski definition) is 1. The summed E-state index contributed by atoms with van der Waals surface area (Å²) in [7, 11) is 0. The van der Waals surface area contributed by atoms with Gasteiger partial charge in [0.15, 0.2) is 0 Å². The highest BCUT2D eigenvalue weighted by Gasteiger charge is 1.96. The Bertz CT molecular complexity index is 288. The summed E-state index contributed by atoms with van der Waals surface area (Å²) < 4.78 is 25.3. The molecule has 0 atom stereocenters. The molecule has 70 valence electrons. The summed E-state index contributed by atoms with van der Waals surface area (Å²) in [5.74, 6) is -0.370. The van der Waals surface area contributed by atoms with E-state index in [1.807, 2.05) is 6.08 Å². The van der Waals surface area contributed by atoms with E-state index in [-0.39, 0.29) is 0 Å². The van der Waals surface area contributed by atoms with Crippen LogP contribution in [-0.4, -0.2) is 5.75 Å². The zero-order valence-electron chi connectivity index (χ0n) is 7.00. The highest BCUT2D eigenvalue weighted by molar-refractivity contribution is 7.80. The van der Waals surface area contributed by atoms with E-state index < -0.39 is 11.6 Å². The third-order valence-electron chi connectivity index (χ3n) is 1.49. The normalized spacial score (nSPS) is 11.0. The van der Waals surface area contributed by atoms with Gasteiger partial charge in [0.25, 0.3) is 0 Å². The lowest BCUT2D eigenvalue weighted by molar-refractivity contribution is 0.583. The Kier molecular flexibility index (Phi) is 3.96. The Morgan fingerprint density at radius 1 is 1.15 bits per heavy atom. The Morgan fingerprint density at radius 2 is 1.77 bits per heavy atom. The highest BCUT2D eigenvalue weighted by Crippen LogP contribution is 2.09. The maximum Gasteiger partial charge on any atom is 0.126 e. The first kappa shape index (κ1) is 10.3. The molecule has 0 amide bonds. The zero-order valence-corrected chi connectivity index (χ0v) is 7.90. The van der Waals surface area contributed by atoms with Gasteiger partial charge in [0.05, 0.1) is 0 Å². The molecule has 1 aromatic rings. The average Bonchev–Trinajstić information content (AvgIpc) is 2.03. The Morgan fingerprint density at radius 3 is 2.31 bits per heavy atom. The molecule has 0 bridgehead atoms. The first-order chi connectivity index (χ1) is 6.22. The second-order valence-corrected chi connectivity index (χ2v) is 3.06. The van der Waals surface area contributed by atoms with Gasteiger partial charge in [-0.05, 0) is 29.9 Å². The van der Waals surface area contributed by atoms with E-state index in [4.69, 9.17) is 0 Å². The molecule has 0 unspecified atom stereocenters. The molecule has 0 saturated heterocycles. The van der Waals surface area contributed by atoms with Crippen molar-refractivity contribution >= 4 is 18.7 Å². The summed E-state index contributed by atoms with van der Waals surface area (Å²) in [6, 6.07) is 3.44. The fourth-order valence-electron chi connectivity index (χ4n) is 0.965. The molecule has 0 N–H and O–H groups in total. The average molecular weight is 200 g/mol. The van der Waals surface area contributed by atoms with Gasteiger partial charge < -0.3 is 0 Å². The molecule has 0 aliphatic carbocycles. The predicted molar refractivity (Wildman–Crippen MR) is 53.9 cm³/mol. The molecule has 1 aromatic carbocycles. The molecular formula is C10H10F2S. The monoisotopic (exact) mass is 200 g/mol. The van der Waals surface area contributed by atoms with Gasteiger partial charge in [-0.25, -0.2) is 8.78 Å². The van der Waals surface area contributed by atoms with E-state index in [1.54, 1.807) is 6.08 Å². The molecule has 0 aromatic heterocycles. The van der Waals surface area contributed by atoms with Crippen LogP contribution in [0.4, 0.5) is 8.78 Å². The van der Waals surface area contributed by atoms with Crippen LogP contribution in [-0.2, 0) is 0 Å². The quantitative estimate of drug-likeness (QED) is 0.711. The highest BCUT2D eigenvalue weighted by atomic mass is 32.1. The standard InChI is InChI=1S/C10H10F2S/c11-9-5-8(3-1-2-4-13)6-10(12)7-9/h1,3,5-7,13H,2,4H2. The minimum Gasteiger partial charge on any atom is -0.207 e. The van der Waals surface area contributed by atoms with Crippen molar-refractivity contribution in [2.75, 3.05) is 5.75 Å². The first-order valence-electron chi connectivity index (χ1n) is 3.96. The topological polar surface area (TPSA) is 0 Å². The molecule has 0 spiro atoms. The van der Waals surface area contributed by atoms with Crippen molar-refractivity contribution in [1.82, 2.24) is 0 Å². The van der Waals surface area contributed by atoms with Gasteiger partial charge in [0, 0.05) is 6.07 Å². The summed E-state index contributed by atoms with van der Waals surface area (Å²) in [6.07, 6.45) is 4.31. The number of benzene rings is 1. The second kappa shape index (κ2) is 5.02. The molecule has 0 saturated carbocycles. The molecule has 13 heavy (non-hydrogen) atoms. The molecule has 0 heterocycles. The number of hydrogen-bond acceptors (Lipinski definition) is 1. The first-order valence-corrected chi connectivity index (χ1v) is 4.59. The molecule has 0 nitrogen and oxygen atoms in total. The van der Waals surface area contributed by atoms with E-state index in [9.17, 15) is 8.78 Å². The lowest BCUT2D eigenvalue weighted by Gasteiger charge is -1.94. The molecule has 0 radical (unpaired) electrons. The van der Waals surface area contributed by atoms with Crippen LogP contribution in [0.2, 0.25) is 0 Å². The maximum atomic E-state index is 12.6. The summed E-state index contributed by atoms with van der Waals surface area (Å²) in [6.45, 7) is 0. The van der Waals surface area contributed by atoms with Gasteiger partial charge in [-0.3, -0.25) is 0 Å². The molecule has 0 aliphatic heterocycles. The summed E-state index contributed by atoms with van der Waals surface area (Å²) in [4.78, 5) is 0. The fraction of sp³-hybridized carbons (Fsp3) is 0.200.